The molecule has 0 aliphatic heterocycles. The molecule has 0 aliphatic rings. The lowest BCUT2D eigenvalue weighted by atomic mass is 10.2. The molecule has 100 valence electrons. The standard InChI is InChI=1S/C13H21N3O2/c1-4-10-15(6-3)12-9-7-8-11(14-5-2)13(12)16(17)18/h7-9,14H,4-6,10H2,1-3H3. The second kappa shape index (κ2) is 6.83. The zero-order valence-corrected chi connectivity index (χ0v) is 11.3. The van der Waals surface area contributed by atoms with E-state index in [9.17, 15) is 10.1 Å². The van der Waals surface area contributed by atoms with Crippen LogP contribution in [0.5, 0.6) is 0 Å². The van der Waals surface area contributed by atoms with E-state index in [4.69, 9.17) is 0 Å². The highest BCUT2D eigenvalue weighted by molar-refractivity contribution is 5.77. The minimum absolute atomic E-state index is 0.176. The van der Waals surface area contributed by atoms with Crippen molar-refractivity contribution in [2.24, 2.45) is 0 Å². The van der Waals surface area contributed by atoms with Crippen LogP contribution in [-0.2, 0) is 0 Å². The smallest absolute Gasteiger partial charge is 0.315 e. The molecule has 0 spiro atoms. The van der Waals surface area contributed by atoms with Crippen LogP contribution in [0, 0.1) is 10.1 Å². The van der Waals surface area contributed by atoms with Crippen LogP contribution in [0.1, 0.15) is 27.2 Å². The summed E-state index contributed by atoms with van der Waals surface area (Å²) < 4.78 is 0. The Bertz CT molecular complexity index is 407. The zero-order chi connectivity index (χ0) is 13.5. The number of nitrogens with zero attached hydrogens (tertiary/aromatic N) is 2. The Morgan fingerprint density at radius 1 is 1.33 bits per heavy atom. The fourth-order valence-corrected chi connectivity index (χ4v) is 2.03. The average Bonchev–Trinajstić information content (AvgIpc) is 2.35. The quantitative estimate of drug-likeness (QED) is 0.597. The number of rotatable bonds is 7. The van der Waals surface area contributed by atoms with Crippen LogP contribution in [0.15, 0.2) is 18.2 Å². The number of nitro groups is 1. The number of nitro benzene ring substituents is 1. The van der Waals surface area contributed by atoms with Crippen LogP contribution >= 0.6 is 0 Å². The number of hydrogen-bond acceptors (Lipinski definition) is 4. The van der Waals surface area contributed by atoms with Gasteiger partial charge in [-0.2, -0.15) is 0 Å². The van der Waals surface area contributed by atoms with Gasteiger partial charge in [0.2, 0.25) is 0 Å². The van der Waals surface area contributed by atoms with Crippen LogP contribution in [-0.4, -0.2) is 24.6 Å². The highest BCUT2D eigenvalue weighted by Gasteiger charge is 2.22. The van der Waals surface area contributed by atoms with Gasteiger partial charge in [-0.25, -0.2) is 0 Å². The van der Waals surface area contributed by atoms with E-state index in [0.717, 1.165) is 19.5 Å². The van der Waals surface area contributed by atoms with Gasteiger partial charge >= 0.3 is 5.69 Å². The minimum atomic E-state index is -0.300. The van der Waals surface area contributed by atoms with Crippen LogP contribution in [0.3, 0.4) is 0 Å². The van der Waals surface area contributed by atoms with Crippen LogP contribution in [0.4, 0.5) is 17.1 Å². The Labute approximate surface area is 108 Å². The summed E-state index contributed by atoms with van der Waals surface area (Å²) in [6.45, 7) is 8.28. The van der Waals surface area contributed by atoms with Crippen molar-refractivity contribution in [3.8, 4) is 0 Å². The van der Waals surface area contributed by atoms with Gasteiger partial charge in [-0.15, -0.1) is 0 Å². The molecule has 0 saturated carbocycles. The van der Waals surface area contributed by atoms with Gasteiger partial charge in [0.15, 0.2) is 0 Å². The first-order valence-electron chi connectivity index (χ1n) is 6.41. The SMILES string of the molecule is CCCN(CC)c1cccc(NCC)c1[N+](=O)[O-]. The predicted octanol–water partition coefficient (Wildman–Crippen LogP) is 3.26. The van der Waals surface area contributed by atoms with Gasteiger partial charge in [0.05, 0.1) is 4.92 Å². The highest BCUT2D eigenvalue weighted by atomic mass is 16.6. The maximum atomic E-state index is 11.3. The molecule has 0 fully saturated rings. The molecule has 0 radical (unpaired) electrons. The van der Waals surface area contributed by atoms with Gasteiger partial charge in [0.25, 0.3) is 0 Å². The lowest BCUT2D eigenvalue weighted by Gasteiger charge is -2.23. The van der Waals surface area contributed by atoms with E-state index in [1.165, 1.54) is 0 Å². The molecule has 0 aliphatic carbocycles. The van der Waals surface area contributed by atoms with E-state index in [1.807, 2.05) is 30.9 Å². The van der Waals surface area contributed by atoms with E-state index < -0.39 is 0 Å². The predicted molar refractivity (Wildman–Crippen MR) is 75.4 cm³/mol. The average molecular weight is 251 g/mol. The molecule has 0 amide bonds. The molecular weight excluding hydrogens is 230 g/mol. The third-order valence-electron chi connectivity index (χ3n) is 2.78. The van der Waals surface area contributed by atoms with Crippen molar-refractivity contribution in [2.45, 2.75) is 27.2 Å². The molecule has 0 saturated heterocycles. The Hall–Kier alpha value is -1.78. The Morgan fingerprint density at radius 3 is 2.56 bits per heavy atom. The van der Waals surface area contributed by atoms with Crippen molar-refractivity contribution in [1.82, 2.24) is 0 Å². The zero-order valence-electron chi connectivity index (χ0n) is 11.3. The molecule has 0 heterocycles. The topological polar surface area (TPSA) is 58.4 Å². The van der Waals surface area contributed by atoms with Gasteiger partial charge in [-0.1, -0.05) is 13.0 Å². The molecule has 0 bridgehead atoms. The molecule has 1 N–H and O–H groups in total. The Kier molecular flexibility index (Phi) is 5.42. The van der Waals surface area contributed by atoms with Crippen molar-refractivity contribution < 1.29 is 4.92 Å². The number of para-hydroxylation sites is 1. The maximum absolute atomic E-state index is 11.3. The number of hydrogen-bond donors (Lipinski definition) is 1. The monoisotopic (exact) mass is 251 g/mol. The van der Waals surface area contributed by atoms with Gasteiger partial charge in [-0.3, -0.25) is 10.1 Å². The van der Waals surface area contributed by atoms with E-state index >= 15 is 0 Å². The molecule has 0 aromatic heterocycles. The van der Waals surface area contributed by atoms with Gasteiger partial charge in [-0.05, 0) is 32.4 Å². The van der Waals surface area contributed by atoms with Crippen molar-refractivity contribution in [3.63, 3.8) is 0 Å². The Morgan fingerprint density at radius 2 is 2.06 bits per heavy atom. The second-order valence-corrected chi connectivity index (χ2v) is 4.04. The van der Waals surface area contributed by atoms with E-state index in [0.29, 0.717) is 17.9 Å². The summed E-state index contributed by atoms with van der Waals surface area (Å²) >= 11 is 0. The summed E-state index contributed by atoms with van der Waals surface area (Å²) in [7, 11) is 0. The molecular formula is C13H21N3O2. The molecule has 0 unspecified atom stereocenters. The van der Waals surface area contributed by atoms with E-state index in [1.54, 1.807) is 6.07 Å². The first-order valence-corrected chi connectivity index (χ1v) is 6.41. The highest BCUT2D eigenvalue weighted by Crippen LogP contribution is 2.35. The lowest BCUT2D eigenvalue weighted by Crippen LogP contribution is -2.24. The summed E-state index contributed by atoms with van der Waals surface area (Å²) in [4.78, 5) is 13.0. The number of benzene rings is 1. The molecule has 1 aromatic rings. The first kappa shape index (κ1) is 14.3. The van der Waals surface area contributed by atoms with E-state index in [-0.39, 0.29) is 10.6 Å². The van der Waals surface area contributed by atoms with Crippen LogP contribution in [0.25, 0.3) is 0 Å². The minimum Gasteiger partial charge on any atom is -0.380 e. The van der Waals surface area contributed by atoms with E-state index in [2.05, 4.69) is 12.2 Å². The molecule has 18 heavy (non-hydrogen) atoms. The van der Waals surface area contributed by atoms with Crippen molar-refractivity contribution in [1.29, 1.82) is 0 Å². The molecule has 5 nitrogen and oxygen atoms in total. The maximum Gasteiger partial charge on any atom is 0.315 e. The Balaban J connectivity index is 3.24. The normalized spacial score (nSPS) is 10.2. The number of nitrogens with one attached hydrogen (secondary N) is 1. The molecule has 5 heteroatoms. The molecule has 1 rings (SSSR count). The van der Waals surface area contributed by atoms with Crippen molar-refractivity contribution in [3.05, 3.63) is 28.3 Å². The largest absolute Gasteiger partial charge is 0.380 e. The van der Waals surface area contributed by atoms with Crippen LogP contribution in [0.2, 0.25) is 0 Å². The number of anilines is 2. The van der Waals surface area contributed by atoms with Gasteiger partial charge < -0.3 is 10.2 Å². The summed E-state index contributed by atoms with van der Waals surface area (Å²) in [5.41, 5.74) is 1.46. The molecule has 1 aromatic carbocycles. The fraction of sp³-hybridized carbons (Fsp3) is 0.538. The van der Waals surface area contributed by atoms with Gasteiger partial charge in [0.1, 0.15) is 11.4 Å². The summed E-state index contributed by atoms with van der Waals surface area (Å²) in [5, 5.41) is 14.3. The third-order valence-corrected chi connectivity index (χ3v) is 2.78. The third kappa shape index (κ3) is 3.12. The van der Waals surface area contributed by atoms with Crippen molar-refractivity contribution >= 4 is 17.1 Å². The van der Waals surface area contributed by atoms with Crippen molar-refractivity contribution in [2.75, 3.05) is 29.9 Å². The van der Waals surface area contributed by atoms with Crippen LogP contribution < -0.4 is 10.2 Å². The lowest BCUT2D eigenvalue weighted by molar-refractivity contribution is -0.383. The molecule has 0 atom stereocenters. The fourth-order valence-electron chi connectivity index (χ4n) is 2.03. The first-order chi connectivity index (χ1) is 8.65. The summed E-state index contributed by atoms with van der Waals surface area (Å²) in [6.07, 6.45) is 0.969. The second-order valence-electron chi connectivity index (χ2n) is 4.04. The summed E-state index contributed by atoms with van der Waals surface area (Å²) in [5.74, 6) is 0. The summed E-state index contributed by atoms with van der Waals surface area (Å²) in [6, 6.07) is 5.43. The van der Waals surface area contributed by atoms with Gasteiger partial charge in [0, 0.05) is 19.6 Å².